The highest BCUT2D eigenvalue weighted by atomic mass is 16.3. The summed E-state index contributed by atoms with van der Waals surface area (Å²) in [4.78, 5) is 2.15. The number of furan rings is 1. The molecule has 0 unspecified atom stereocenters. The Morgan fingerprint density at radius 2 is 2.25 bits per heavy atom. The first kappa shape index (κ1) is 9.29. The van der Waals surface area contributed by atoms with Crippen LogP contribution >= 0.6 is 0 Å². The van der Waals surface area contributed by atoms with Crippen LogP contribution in [0.1, 0.15) is 11.5 Å². The fourth-order valence-corrected chi connectivity index (χ4v) is 1.16. The molecule has 0 atom stereocenters. The summed E-state index contributed by atoms with van der Waals surface area (Å²) in [6.07, 6.45) is 0. The molecule has 1 aromatic rings. The Morgan fingerprint density at radius 3 is 2.75 bits per heavy atom. The highest BCUT2D eigenvalue weighted by Gasteiger charge is 2.01. The second-order valence-electron chi connectivity index (χ2n) is 3.04. The molecule has 0 spiro atoms. The standard InChI is InChI=1S/C9H16N2O/c1-8-4-5-9(12-8)6-11(3)7-10-2/h4-5,10H,6-7H2,1-3H3. The maximum atomic E-state index is 5.43. The van der Waals surface area contributed by atoms with Crippen molar-refractivity contribution in [2.75, 3.05) is 20.8 Å². The van der Waals surface area contributed by atoms with Gasteiger partial charge in [-0.05, 0) is 33.2 Å². The Morgan fingerprint density at radius 1 is 1.50 bits per heavy atom. The second kappa shape index (κ2) is 4.28. The molecule has 0 saturated heterocycles. The van der Waals surface area contributed by atoms with Crippen LogP contribution in [0.5, 0.6) is 0 Å². The van der Waals surface area contributed by atoms with Crippen molar-refractivity contribution in [3.05, 3.63) is 23.7 Å². The largest absolute Gasteiger partial charge is 0.465 e. The van der Waals surface area contributed by atoms with Crippen LogP contribution in [-0.4, -0.2) is 25.7 Å². The minimum Gasteiger partial charge on any atom is -0.465 e. The van der Waals surface area contributed by atoms with E-state index in [1.165, 1.54) is 0 Å². The molecule has 1 N–H and O–H groups in total. The van der Waals surface area contributed by atoms with Crippen molar-refractivity contribution < 1.29 is 4.42 Å². The highest BCUT2D eigenvalue weighted by molar-refractivity contribution is 5.05. The van der Waals surface area contributed by atoms with Gasteiger partial charge in [0.15, 0.2) is 0 Å². The quantitative estimate of drug-likeness (QED) is 0.685. The van der Waals surface area contributed by atoms with Gasteiger partial charge >= 0.3 is 0 Å². The van der Waals surface area contributed by atoms with Crippen molar-refractivity contribution in [2.24, 2.45) is 0 Å². The predicted molar refractivity (Wildman–Crippen MR) is 48.8 cm³/mol. The third-order valence-electron chi connectivity index (χ3n) is 1.65. The number of hydrogen-bond acceptors (Lipinski definition) is 3. The minimum absolute atomic E-state index is 0.856. The Kier molecular flexibility index (Phi) is 3.31. The Balaban J connectivity index is 2.41. The smallest absolute Gasteiger partial charge is 0.118 e. The third kappa shape index (κ3) is 2.68. The summed E-state index contributed by atoms with van der Waals surface area (Å²) in [6.45, 7) is 3.69. The second-order valence-corrected chi connectivity index (χ2v) is 3.04. The Bertz CT molecular complexity index is 232. The minimum atomic E-state index is 0.856. The van der Waals surface area contributed by atoms with Crippen LogP contribution < -0.4 is 5.32 Å². The first-order chi connectivity index (χ1) is 5.72. The summed E-state index contributed by atoms with van der Waals surface area (Å²) in [5, 5.41) is 3.08. The van der Waals surface area contributed by atoms with Crippen LogP contribution in [-0.2, 0) is 6.54 Å². The molecule has 1 aromatic heterocycles. The molecule has 0 aromatic carbocycles. The number of nitrogens with one attached hydrogen (secondary N) is 1. The topological polar surface area (TPSA) is 28.4 Å². The van der Waals surface area contributed by atoms with Crippen molar-refractivity contribution in [1.82, 2.24) is 10.2 Å². The molecule has 0 amide bonds. The molecule has 3 heteroatoms. The fraction of sp³-hybridized carbons (Fsp3) is 0.556. The van der Waals surface area contributed by atoms with Gasteiger partial charge in [-0.2, -0.15) is 0 Å². The van der Waals surface area contributed by atoms with E-state index in [9.17, 15) is 0 Å². The summed E-state index contributed by atoms with van der Waals surface area (Å²) in [5.74, 6) is 1.99. The molecule has 0 radical (unpaired) electrons. The highest BCUT2D eigenvalue weighted by Crippen LogP contribution is 2.07. The average Bonchev–Trinajstić information content (AvgIpc) is 2.36. The van der Waals surface area contributed by atoms with Crippen LogP contribution in [0.15, 0.2) is 16.5 Å². The van der Waals surface area contributed by atoms with Crippen LogP contribution in [0, 0.1) is 6.92 Å². The van der Waals surface area contributed by atoms with Crippen LogP contribution in [0.25, 0.3) is 0 Å². The summed E-state index contributed by atoms with van der Waals surface area (Å²) < 4.78 is 5.43. The predicted octanol–water partition coefficient (Wildman–Crippen LogP) is 1.20. The molecule has 12 heavy (non-hydrogen) atoms. The maximum Gasteiger partial charge on any atom is 0.118 e. The lowest BCUT2D eigenvalue weighted by molar-refractivity contribution is 0.279. The molecule has 0 aliphatic heterocycles. The fourth-order valence-electron chi connectivity index (χ4n) is 1.16. The van der Waals surface area contributed by atoms with Gasteiger partial charge < -0.3 is 9.73 Å². The van der Waals surface area contributed by atoms with Crippen molar-refractivity contribution in [3.63, 3.8) is 0 Å². The molecule has 1 heterocycles. The first-order valence-corrected chi connectivity index (χ1v) is 4.11. The summed E-state index contributed by atoms with van der Waals surface area (Å²) in [5.41, 5.74) is 0. The van der Waals surface area contributed by atoms with Gasteiger partial charge in [-0.25, -0.2) is 0 Å². The average molecular weight is 168 g/mol. The molecule has 0 fully saturated rings. The lowest BCUT2D eigenvalue weighted by Crippen LogP contribution is -2.27. The van der Waals surface area contributed by atoms with Crippen molar-refractivity contribution in [2.45, 2.75) is 13.5 Å². The van der Waals surface area contributed by atoms with E-state index < -0.39 is 0 Å². The van der Waals surface area contributed by atoms with E-state index in [1.807, 2.05) is 33.2 Å². The Labute approximate surface area is 73.4 Å². The monoisotopic (exact) mass is 168 g/mol. The van der Waals surface area contributed by atoms with E-state index in [0.717, 1.165) is 24.7 Å². The SMILES string of the molecule is CNCN(C)Cc1ccc(C)o1. The zero-order chi connectivity index (χ0) is 8.97. The summed E-state index contributed by atoms with van der Waals surface area (Å²) in [7, 11) is 3.98. The molecular formula is C9H16N2O. The molecule has 1 rings (SSSR count). The van der Waals surface area contributed by atoms with Gasteiger partial charge in [0.1, 0.15) is 11.5 Å². The van der Waals surface area contributed by atoms with E-state index in [4.69, 9.17) is 4.42 Å². The van der Waals surface area contributed by atoms with Crippen molar-refractivity contribution in [1.29, 1.82) is 0 Å². The molecule has 0 aliphatic rings. The van der Waals surface area contributed by atoms with Gasteiger partial charge in [0.05, 0.1) is 6.54 Å². The van der Waals surface area contributed by atoms with E-state index in [0.29, 0.717) is 0 Å². The van der Waals surface area contributed by atoms with E-state index in [-0.39, 0.29) is 0 Å². The van der Waals surface area contributed by atoms with E-state index in [2.05, 4.69) is 10.2 Å². The molecule has 0 aliphatic carbocycles. The van der Waals surface area contributed by atoms with Crippen molar-refractivity contribution in [3.8, 4) is 0 Å². The van der Waals surface area contributed by atoms with Crippen molar-refractivity contribution >= 4 is 0 Å². The van der Waals surface area contributed by atoms with Gasteiger partial charge in [0, 0.05) is 6.67 Å². The molecule has 0 saturated carbocycles. The summed E-state index contributed by atoms with van der Waals surface area (Å²) in [6, 6.07) is 4.00. The van der Waals surface area contributed by atoms with Gasteiger partial charge in [0.25, 0.3) is 0 Å². The van der Waals surface area contributed by atoms with Gasteiger partial charge in [-0.15, -0.1) is 0 Å². The summed E-state index contributed by atoms with van der Waals surface area (Å²) >= 11 is 0. The number of rotatable bonds is 4. The zero-order valence-corrected chi connectivity index (χ0v) is 7.92. The van der Waals surface area contributed by atoms with Crippen LogP contribution in [0.4, 0.5) is 0 Å². The lowest BCUT2D eigenvalue weighted by Gasteiger charge is -2.13. The Hall–Kier alpha value is -0.800. The van der Waals surface area contributed by atoms with Gasteiger partial charge in [0.2, 0.25) is 0 Å². The number of aryl methyl sites for hydroxylation is 1. The van der Waals surface area contributed by atoms with E-state index in [1.54, 1.807) is 0 Å². The number of nitrogens with zero attached hydrogens (tertiary/aromatic N) is 1. The third-order valence-corrected chi connectivity index (χ3v) is 1.65. The molecular weight excluding hydrogens is 152 g/mol. The van der Waals surface area contributed by atoms with Gasteiger partial charge in [-0.3, -0.25) is 4.90 Å². The molecule has 0 bridgehead atoms. The van der Waals surface area contributed by atoms with Crippen LogP contribution in [0.2, 0.25) is 0 Å². The normalized spacial score (nSPS) is 11.0. The van der Waals surface area contributed by atoms with Gasteiger partial charge in [-0.1, -0.05) is 0 Å². The number of hydrogen-bond donors (Lipinski definition) is 1. The lowest BCUT2D eigenvalue weighted by atomic mass is 10.4. The molecule has 3 nitrogen and oxygen atoms in total. The van der Waals surface area contributed by atoms with E-state index >= 15 is 0 Å². The first-order valence-electron chi connectivity index (χ1n) is 4.11. The molecule has 68 valence electrons. The van der Waals surface area contributed by atoms with Crippen LogP contribution in [0.3, 0.4) is 0 Å². The zero-order valence-electron chi connectivity index (χ0n) is 7.92. The maximum absolute atomic E-state index is 5.43.